The molecule has 0 radical (unpaired) electrons. The normalized spacial score (nSPS) is 10.9. The first-order valence-electron chi connectivity index (χ1n) is 9.71. The number of carbonyl (C=O) groups excluding carboxylic acids is 2. The molecular formula is C25H22N2O2. The predicted molar refractivity (Wildman–Crippen MR) is 115 cm³/mol. The minimum absolute atomic E-state index is 0.0858. The number of aromatic nitrogens is 1. The van der Waals surface area contributed by atoms with E-state index in [0.717, 1.165) is 22.0 Å². The summed E-state index contributed by atoms with van der Waals surface area (Å²) >= 11 is 0. The molecule has 0 atom stereocenters. The van der Waals surface area contributed by atoms with Crippen LogP contribution in [0.3, 0.4) is 0 Å². The van der Waals surface area contributed by atoms with Gasteiger partial charge in [0.05, 0.1) is 11.6 Å². The first-order chi connectivity index (χ1) is 14.2. The van der Waals surface area contributed by atoms with E-state index in [0.29, 0.717) is 0 Å². The average molecular weight is 382 g/mol. The Bertz CT molecular complexity index is 1080. The summed E-state index contributed by atoms with van der Waals surface area (Å²) in [4.78, 5) is 25.3. The molecule has 0 saturated carbocycles. The van der Waals surface area contributed by atoms with Gasteiger partial charge in [0.15, 0.2) is 0 Å². The van der Waals surface area contributed by atoms with E-state index < -0.39 is 0 Å². The van der Waals surface area contributed by atoms with E-state index in [4.69, 9.17) is 0 Å². The van der Waals surface area contributed by atoms with Gasteiger partial charge >= 0.3 is 0 Å². The van der Waals surface area contributed by atoms with Crippen molar-refractivity contribution in [3.63, 3.8) is 0 Å². The number of hydrogen-bond donors (Lipinski definition) is 1. The summed E-state index contributed by atoms with van der Waals surface area (Å²) < 4.78 is 1.62. The largest absolute Gasteiger partial charge is 0.345 e. The second-order valence-electron chi connectivity index (χ2n) is 6.96. The highest BCUT2D eigenvalue weighted by molar-refractivity contribution is 5.94. The molecule has 0 aliphatic heterocycles. The molecule has 4 heteroatoms. The van der Waals surface area contributed by atoms with Crippen molar-refractivity contribution in [1.82, 2.24) is 9.88 Å². The fourth-order valence-corrected chi connectivity index (χ4v) is 3.52. The molecule has 1 heterocycles. The van der Waals surface area contributed by atoms with Crippen LogP contribution in [0, 0.1) is 0 Å². The monoisotopic (exact) mass is 382 g/mol. The van der Waals surface area contributed by atoms with Gasteiger partial charge in [0.2, 0.25) is 11.8 Å². The fourth-order valence-electron chi connectivity index (χ4n) is 3.52. The van der Waals surface area contributed by atoms with E-state index in [1.165, 1.54) is 0 Å². The zero-order valence-electron chi connectivity index (χ0n) is 16.0. The van der Waals surface area contributed by atoms with Crippen molar-refractivity contribution in [3.05, 3.63) is 108 Å². The number of amides is 1. The Balaban J connectivity index is 1.45. The average Bonchev–Trinajstić information content (AvgIpc) is 3.21. The van der Waals surface area contributed by atoms with E-state index in [-0.39, 0.29) is 30.7 Å². The maximum absolute atomic E-state index is 12.7. The smallest absolute Gasteiger partial charge is 0.231 e. The van der Waals surface area contributed by atoms with Gasteiger partial charge in [-0.1, -0.05) is 78.9 Å². The Hall–Kier alpha value is -3.66. The summed E-state index contributed by atoms with van der Waals surface area (Å²) in [6, 6.07) is 29.1. The fraction of sp³-hybridized carbons (Fsp3) is 0.120. The summed E-state index contributed by atoms with van der Waals surface area (Å²) in [6.07, 6.45) is 2.06. The third-order valence-corrected chi connectivity index (χ3v) is 5.01. The molecule has 4 nitrogen and oxygen atoms in total. The molecule has 4 aromatic rings. The number of nitrogens with zero attached hydrogens (tertiary/aromatic N) is 1. The van der Waals surface area contributed by atoms with E-state index in [1.54, 1.807) is 10.8 Å². The van der Waals surface area contributed by atoms with Gasteiger partial charge in [-0.05, 0) is 23.3 Å². The second kappa shape index (κ2) is 8.57. The number of hydrogen-bond acceptors (Lipinski definition) is 2. The lowest BCUT2D eigenvalue weighted by atomic mass is 9.98. The van der Waals surface area contributed by atoms with Crippen molar-refractivity contribution in [3.8, 4) is 0 Å². The van der Waals surface area contributed by atoms with E-state index in [2.05, 4.69) is 5.32 Å². The van der Waals surface area contributed by atoms with Gasteiger partial charge in [-0.3, -0.25) is 14.2 Å². The zero-order chi connectivity index (χ0) is 20.1. The van der Waals surface area contributed by atoms with E-state index >= 15 is 0 Å². The molecule has 0 aliphatic carbocycles. The van der Waals surface area contributed by atoms with Crippen molar-refractivity contribution in [2.24, 2.45) is 0 Å². The Labute approximate surface area is 169 Å². The lowest BCUT2D eigenvalue weighted by Crippen LogP contribution is -2.29. The van der Waals surface area contributed by atoms with Crippen LogP contribution >= 0.6 is 0 Å². The highest BCUT2D eigenvalue weighted by Gasteiger charge is 2.18. The lowest BCUT2D eigenvalue weighted by molar-refractivity contribution is -0.121. The molecule has 0 bridgehead atoms. The summed E-state index contributed by atoms with van der Waals surface area (Å²) in [5.41, 5.74) is 2.88. The summed E-state index contributed by atoms with van der Waals surface area (Å²) in [5.74, 6) is -0.232. The number of carbonyl (C=O) groups is 2. The van der Waals surface area contributed by atoms with Crippen LogP contribution in [-0.2, 0) is 4.79 Å². The maximum Gasteiger partial charge on any atom is 0.231 e. The van der Waals surface area contributed by atoms with Gasteiger partial charge in [-0.25, -0.2) is 0 Å². The van der Waals surface area contributed by atoms with E-state index in [1.807, 2.05) is 91.0 Å². The van der Waals surface area contributed by atoms with Gasteiger partial charge in [0.1, 0.15) is 0 Å². The number of rotatable bonds is 6. The molecule has 1 aromatic heterocycles. The van der Waals surface area contributed by atoms with Crippen molar-refractivity contribution < 1.29 is 9.59 Å². The summed E-state index contributed by atoms with van der Waals surface area (Å²) in [5, 5.41) is 4.10. The number of benzene rings is 3. The Kier molecular flexibility index (Phi) is 5.52. The molecular weight excluding hydrogens is 360 g/mol. The second-order valence-corrected chi connectivity index (χ2v) is 6.96. The number of nitrogens with one attached hydrogen (secondary N) is 1. The summed E-state index contributed by atoms with van der Waals surface area (Å²) in [7, 11) is 0. The predicted octanol–water partition coefficient (Wildman–Crippen LogP) is 4.97. The quantitative estimate of drug-likeness (QED) is 0.512. The minimum atomic E-state index is -0.243. The highest BCUT2D eigenvalue weighted by atomic mass is 16.2. The number of para-hydroxylation sites is 1. The molecule has 0 unspecified atom stereocenters. The Morgan fingerprint density at radius 2 is 1.31 bits per heavy atom. The molecule has 0 fully saturated rings. The SMILES string of the molecule is O=C(CCC(=O)n1ccc2ccccc21)NC(c1ccccc1)c1ccccc1. The van der Waals surface area contributed by atoms with Crippen LogP contribution in [0.2, 0.25) is 0 Å². The molecule has 1 amide bonds. The molecule has 1 N–H and O–H groups in total. The highest BCUT2D eigenvalue weighted by Crippen LogP contribution is 2.22. The van der Waals surface area contributed by atoms with Gasteiger partial charge in [-0.2, -0.15) is 0 Å². The Morgan fingerprint density at radius 3 is 1.97 bits per heavy atom. The molecule has 29 heavy (non-hydrogen) atoms. The molecule has 0 aliphatic rings. The molecule has 4 rings (SSSR count). The Morgan fingerprint density at radius 1 is 0.724 bits per heavy atom. The van der Waals surface area contributed by atoms with Crippen LogP contribution < -0.4 is 5.32 Å². The topological polar surface area (TPSA) is 51.1 Å². The number of fused-ring (bicyclic) bond motifs is 1. The van der Waals surface area contributed by atoms with E-state index in [9.17, 15) is 9.59 Å². The van der Waals surface area contributed by atoms with Crippen molar-refractivity contribution in [2.45, 2.75) is 18.9 Å². The molecule has 3 aromatic carbocycles. The van der Waals surface area contributed by atoms with Gasteiger partial charge in [0.25, 0.3) is 0 Å². The van der Waals surface area contributed by atoms with Crippen molar-refractivity contribution in [1.29, 1.82) is 0 Å². The summed E-state index contributed by atoms with van der Waals surface area (Å²) in [6.45, 7) is 0. The van der Waals surface area contributed by atoms with Crippen LogP contribution in [0.15, 0.2) is 97.2 Å². The van der Waals surface area contributed by atoms with Crippen LogP contribution in [0.5, 0.6) is 0 Å². The standard InChI is InChI=1S/C25H22N2O2/c28-23(15-16-24(29)27-18-17-19-9-7-8-14-22(19)27)26-25(20-10-3-1-4-11-20)21-12-5-2-6-13-21/h1-14,17-18,25H,15-16H2,(H,26,28). The lowest BCUT2D eigenvalue weighted by Gasteiger charge is -2.20. The van der Waals surface area contributed by atoms with Crippen LogP contribution in [0.4, 0.5) is 0 Å². The maximum atomic E-state index is 12.7. The third-order valence-electron chi connectivity index (χ3n) is 5.01. The first-order valence-corrected chi connectivity index (χ1v) is 9.71. The minimum Gasteiger partial charge on any atom is -0.345 e. The third kappa shape index (κ3) is 4.27. The first kappa shape index (κ1) is 18.7. The zero-order valence-corrected chi connectivity index (χ0v) is 16.0. The van der Waals surface area contributed by atoms with Crippen molar-refractivity contribution in [2.75, 3.05) is 0 Å². The van der Waals surface area contributed by atoms with Crippen LogP contribution in [0.1, 0.15) is 34.8 Å². The molecule has 0 saturated heterocycles. The van der Waals surface area contributed by atoms with Gasteiger partial charge < -0.3 is 5.32 Å². The van der Waals surface area contributed by atoms with Crippen molar-refractivity contribution >= 4 is 22.7 Å². The van der Waals surface area contributed by atoms with Crippen LogP contribution in [-0.4, -0.2) is 16.4 Å². The van der Waals surface area contributed by atoms with Crippen LogP contribution in [0.25, 0.3) is 10.9 Å². The molecule has 144 valence electrons. The molecule has 0 spiro atoms. The van der Waals surface area contributed by atoms with Gasteiger partial charge in [0, 0.05) is 24.4 Å². The van der Waals surface area contributed by atoms with Gasteiger partial charge in [-0.15, -0.1) is 0 Å².